The second kappa shape index (κ2) is 5.79. The van der Waals surface area contributed by atoms with E-state index < -0.39 is 23.2 Å². The minimum atomic E-state index is -0.873. The average molecular weight is 318 g/mol. The van der Waals surface area contributed by atoms with E-state index in [9.17, 15) is 14.7 Å². The Morgan fingerprint density at radius 3 is 2.43 bits per heavy atom. The van der Waals surface area contributed by atoms with Gasteiger partial charge in [-0.05, 0) is 17.9 Å². The van der Waals surface area contributed by atoms with Crippen LogP contribution in [0.5, 0.6) is 0 Å². The second-order valence-electron chi connectivity index (χ2n) is 6.83. The van der Waals surface area contributed by atoms with E-state index in [1.807, 2.05) is 13.8 Å². The molecule has 0 radical (unpaired) electrons. The topological polar surface area (TPSA) is 86.6 Å². The summed E-state index contributed by atoms with van der Waals surface area (Å²) in [5, 5.41) is 9.26. The molecule has 1 aromatic rings. The largest absolute Gasteiger partial charge is 0.481 e. The molecule has 1 saturated carbocycles. The molecule has 2 atom stereocenters. The lowest BCUT2D eigenvalue weighted by Crippen LogP contribution is -2.37. The zero-order valence-corrected chi connectivity index (χ0v) is 13.5. The van der Waals surface area contributed by atoms with Gasteiger partial charge in [0.2, 0.25) is 11.9 Å². The van der Waals surface area contributed by atoms with Gasteiger partial charge in [0.25, 0.3) is 0 Å². The van der Waals surface area contributed by atoms with E-state index >= 15 is 0 Å². The first-order valence-electron chi connectivity index (χ1n) is 7.96. The van der Waals surface area contributed by atoms with Crippen molar-refractivity contribution in [2.45, 2.75) is 20.3 Å². The van der Waals surface area contributed by atoms with Crippen molar-refractivity contribution in [3.63, 3.8) is 0 Å². The Kier molecular flexibility index (Phi) is 3.95. The lowest BCUT2D eigenvalue weighted by atomic mass is 10.1. The molecule has 0 unspecified atom stereocenters. The molecule has 1 saturated heterocycles. The summed E-state index contributed by atoms with van der Waals surface area (Å²) in [6.45, 7) is 6.41. The molecular weight excluding hydrogens is 296 g/mol. The molecular formula is C16H22N4O3. The molecule has 1 amide bonds. The Labute approximate surface area is 135 Å². The Bertz CT molecular complexity index is 605. The van der Waals surface area contributed by atoms with Crippen LogP contribution in [0.2, 0.25) is 0 Å². The number of carbonyl (C=O) groups is 2. The van der Waals surface area contributed by atoms with Gasteiger partial charge in [-0.3, -0.25) is 9.59 Å². The van der Waals surface area contributed by atoms with Crippen molar-refractivity contribution in [1.29, 1.82) is 0 Å². The van der Waals surface area contributed by atoms with Crippen molar-refractivity contribution < 1.29 is 14.7 Å². The Balaban J connectivity index is 1.65. The van der Waals surface area contributed by atoms with E-state index in [1.54, 1.807) is 23.4 Å². The lowest BCUT2D eigenvalue weighted by Gasteiger charge is -2.22. The fourth-order valence-electron chi connectivity index (χ4n) is 3.55. The van der Waals surface area contributed by atoms with Gasteiger partial charge in [0.1, 0.15) is 0 Å². The standard InChI is InChI=1S/C16H22N4O3/c1-16(2)11(12(16)14(22)23)13(21)19-7-4-8-20(10-9-19)15-17-5-3-6-18-15/h3,5-6,11-12H,4,7-10H2,1-2H3,(H,22,23)/t11-,12-/m0/s1. The minimum absolute atomic E-state index is 0.0294. The smallest absolute Gasteiger partial charge is 0.307 e. The van der Waals surface area contributed by atoms with E-state index in [-0.39, 0.29) is 5.91 Å². The Morgan fingerprint density at radius 1 is 1.13 bits per heavy atom. The van der Waals surface area contributed by atoms with Gasteiger partial charge in [-0.25, -0.2) is 9.97 Å². The van der Waals surface area contributed by atoms with Crippen molar-refractivity contribution in [3.05, 3.63) is 18.5 Å². The van der Waals surface area contributed by atoms with E-state index in [4.69, 9.17) is 0 Å². The number of nitrogens with zero attached hydrogens (tertiary/aromatic N) is 4. The van der Waals surface area contributed by atoms with Gasteiger partial charge in [0.05, 0.1) is 11.8 Å². The number of amides is 1. The van der Waals surface area contributed by atoms with Crippen LogP contribution in [-0.2, 0) is 9.59 Å². The molecule has 2 fully saturated rings. The number of rotatable bonds is 3. The number of carboxylic acids is 1. The maximum Gasteiger partial charge on any atom is 0.307 e. The van der Waals surface area contributed by atoms with Crippen LogP contribution in [0.15, 0.2) is 18.5 Å². The highest BCUT2D eigenvalue weighted by Gasteiger charge is 2.66. The van der Waals surface area contributed by atoms with E-state index in [0.717, 1.165) is 13.0 Å². The summed E-state index contributed by atoms with van der Waals surface area (Å²) in [7, 11) is 0. The molecule has 1 aliphatic carbocycles. The van der Waals surface area contributed by atoms with Crippen LogP contribution >= 0.6 is 0 Å². The third-order valence-electron chi connectivity index (χ3n) is 5.00. The van der Waals surface area contributed by atoms with Gasteiger partial charge >= 0.3 is 5.97 Å². The van der Waals surface area contributed by atoms with Gasteiger partial charge in [-0.15, -0.1) is 0 Å². The van der Waals surface area contributed by atoms with E-state index in [2.05, 4.69) is 14.9 Å². The maximum absolute atomic E-state index is 12.7. The van der Waals surface area contributed by atoms with Crippen LogP contribution in [0.4, 0.5) is 5.95 Å². The zero-order valence-electron chi connectivity index (χ0n) is 13.5. The number of anilines is 1. The number of hydrogen-bond donors (Lipinski definition) is 1. The monoisotopic (exact) mass is 318 g/mol. The summed E-state index contributed by atoms with van der Waals surface area (Å²) in [6.07, 6.45) is 4.25. The number of carboxylic acid groups (broad SMARTS) is 1. The molecule has 1 N–H and O–H groups in total. The van der Waals surface area contributed by atoms with Crippen LogP contribution in [0.25, 0.3) is 0 Å². The van der Waals surface area contributed by atoms with Crippen molar-refractivity contribution in [3.8, 4) is 0 Å². The number of aromatic nitrogens is 2. The molecule has 1 aliphatic heterocycles. The van der Waals surface area contributed by atoms with Gasteiger partial charge in [0.15, 0.2) is 0 Å². The SMILES string of the molecule is CC1(C)[C@H](C(=O)O)[C@H]1C(=O)N1CCCN(c2ncccn2)CC1. The highest BCUT2D eigenvalue weighted by Crippen LogP contribution is 2.59. The molecule has 0 bridgehead atoms. The van der Waals surface area contributed by atoms with Crippen molar-refractivity contribution in [2.24, 2.45) is 17.3 Å². The number of aliphatic carboxylic acids is 1. The number of carbonyl (C=O) groups excluding carboxylic acids is 1. The third-order valence-corrected chi connectivity index (χ3v) is 5.00. The average Bonchev–Trinajstić information content (AvgIpc) is 3.18. The van der Waals surface area contributed by atoms with Gasteiger partial charge < -0.3 is 14.9 Å². The molecule has 2 aliphatic rings. The van der Waals surface area contributed by atoms with E-state index in [1.165, 1.54) is 0 Å². The Hall–Kier alpha value is -2.18. The van der Waals surface area contributed by atoms with Crippen LogP contribution in [0, 0.1) is 17.3 Å². The van der Waals surface area contributed by atoms with Crippen LogP contribution in [0.1, 0.15) is 20.3 Å². The van der Waals surface area contributed by atoms with E-state index in [0.29, 0.717) is 25.6 Å². The summed E-state index contributed by atoms with van der Waals surface area (Å²) in [5.41, 5.74) is -0.447. The highest BCUT2D eigenvalue weighted by atomic mass is 16.4. The third kappa shape index (κ3) is 2.87. The Morgan fingerprint density at radius 2 is 1.83 bits per heavy atom. The predicted molar refractivity (Wildman–Crippen MR) is 83.8 cm³/mol. The first-order valence-corrected chi connectivity index (χ1v) is 7.96. The molecule has 1 aromatic heterocycles. The molecule has 7 nitrogen and oxygen atoms in total. The summed E-state index contributed by atoms with van der Waals surface area (Å²) in [6, 6.07) is 1.78. The second-order valence-corrected chi connectivity index (χ2v) is 6.83. The predicted octanol–water partition coefficient (Wildman–Crippen LogP) is 0.872. The first-order chi connectivity index (χ1) is 10.9. The summed E-state index contributed by atoms with van der Waals surface area (Å²) < 4.78 is 0. The normalized spacial score (nSPS) is 26.5. The first kappa shape index (κ1) is 15.7. The quantitative estimate of drug-likeness (QED) is 0.890. The fourth-order valence-corrected chi connectivity index (χ4v) is 3.55. The molecule has 3 rings (SSSR count). The zero-order chi connectivity index (χ0) is 16.6. The van der Waals surface area contributed by atoms with Crippen LogP contribution < -0.4 is 4.90 Å². The summed E-state index contributed by atoms with van der Waals surface area (Å²) in [5.74, 6) is -1.19. The highest BCUT2D eigenvalue weighted by molar-refractivity contribution is 5.91. The number of hydrogen-bond acceptors (Lipinski definition) is 5. The molecule has 7 heteroatoms. The van der Waals surface area contributed by atoms with Crippen molar-refractivity contribution in [2.75, 3.05) is 31.1 Å². The van der Waals surface area contributed by atoms with Gasteiger partial charge in [-0.1, -0.05) is 13.8 Å². The van der Waals surface area contributed by atoms with Gasteiger partial charge in [0, 0.05) is 38.6 Å². The fraction of sp³-hybridized carbons (Fsp3) is 0.625. The summed E-state index contributed by atoms with van der Waals surface area (Å²) in [4.78, 5) is 36.4. The van der Waals surface area contributed by atoms with Gasteiger partial charge in [-0.2, -0.15) is 0 Å². The van der Waals surface area contributed by atoms with Crippen molar-refractivity contribution >= 4 is 17.8 Å². The molecule has 0 spiro atoms. The van der Waals surface area contributed by atoms with Crippen LogP contribution in [0.3, 0.4) is 0 Å². The summed E-state index contributed by atoms with van der Waals surface area (Å²) >= 11 is 0. The molecule has 0 aromatic carbocycles. The maximum atomic E-state index is 12.7. The minimum Gasteiger partial charge on any atom is -0.481 e. The molecule has 2 heterocycles. The van der Waals surface area contributed by atoms with Crippen molar-refractivity contribution in [1.82, 2.24) is 14.9 Å². The lowest BCUT2D eigenvalue weighted by molar-refractivity contribution is -0.142. The molecule has 124 valence electrons. The molecule has 23 heavy (non-hydrogen) atoms. The van der Waals surface area contributed by atoms with Crippen LogP contribution in [-0.4, -0.2) is 58.0 Å².